The Balaban J connectivity index is 1.47. The minimum absolute atomic E-state index is 0.00332. The first-order chi connectivity index (χ1) is 13.9. The minimum Gasteiger partial charge on any atom is -0.353 e. The third kappa shape index (κ3) is 5.81. The second-order valence-electron chi connectivity index (χ2n) is 7.37. The second-order valence-corrected chi connectivity index (χ2v) is 9.74. The normalized spacial score (nSPS) is 15.9. The van der Waals surface area contributed by atoms with E-state index < -0.39 is 10.0 Å². The van der Waals surface area contributed by atoms with Crippen molar-refractivity contribution in [1.82, 2.24) is 9.62 Å². The number of amides is 1. The lowest BCUT2D eigenvalue weighted by Gasteiger charge is -2.31. The van der Waals surface area contributed by atoms with Gasteiger partial charge in [-0.25, -0.2) is 8.42 Å². The van der Waals surface area contributed by atoms with E-state index in [-0.39, 0.29) is 11.9 Å². The van der Waals surface area contributed by atoms with Gasteiger partial charge in [0.25, 0.3) is 0 Å². The fourth-order valence-electron chi connectivity index (χ4n) is 3.50. The van der Waals surface area contributed by atoms with Gasteiger partial charge in [0.15, 0.2) is 0 Å². The average molecular weight is 435 g/mol. The summed E-state index contributed by atoms with van der Waals surface area (Å²) in [5.41, 5.74) is 2.18. The third-order valence-corrected chi connectivity index (χ3v) is 7.51. The predicted octanol–water partition coefficient (Wildman–Crippen LogP) is 3.80. The van der Waals surface area contributed by atoms with Gasteiger partial charge in [-0.2, -0.15) is 4.31 Å². The summed E-state index contributed by atoms with van der Waals surface area (Å²) in [7, 11) is -3.48. The first kappa shape index (κ1) is 21.8. The Morgan fingerprint density at radius 3 is 2.21 bits per heavy atom. The molecule has 2 aromatic rings. The van der Waals surface area contributed by atoms with Gasteiger partial charge < -0.3 is 5.32 Å². The molecule has 2 aromatic carbocycles. The number of nitrogens with zero attached hydrogens (tertiary/aromatic N) is 1. The van der Waals surface area contributed by atoms with Crippen LogP contribution in [0.2, 0.25) is 5.02 Å². The Kier molecular flexibility index (Phi) is 7.33. The lowest BCUT2D eigenvalue weighted by molar-refractivity contribution is -0.122. The molecule has 0 bridgehead atoms. The highest BCUT2D eigenvalue weighted by atomic mass is 35.5. The van der Waals surface area contributed by atoms with Crippen LogP contribution in [0, 0.1) is 0 Å². The molecule has 0 aromatic heterocycles. The number of benzene rings is 2. The Morgan fingerprint density at radius 1 is 1.03 bits per heavy atom. The zero-order valence-electron chi connectivity index (χ0n) is 16.6. The number of carbonyl (C=O) groups is 1. The zero-order valence-corrected chi connectivity index (χ0v) is 18.2. The lowest BCUT2D eigenvalue weighted by atomic mass is 10.1. The summed E-state index contributed by atoms with van der Waals surface area (Å²) >= 11 is 5.87. The van der Waals surface area contributed by atoms with Crippen LogP contribution in [0.25, 0.3) is 0 Å². The van der Waals surface area contributed by atoms with E-state index in [2.05, 4.69) is 5.32 Å². The number of piperidine rings is 1. The molecule has 0 radical (unpaired) electrons. The Hall–Kier alpha value is -1.89. The van der Waals surface area contributed by atoms with Gasteiger partial charge in [-0.1, -0.05) is 42.8 Å². The number of aryl methyl sites for hydroxylation is 2. The highest BCUT2D eigenvalue weighted by Gasteiger charge is 2.29. The van der Waals surface area contributed by atoms with Crippen LogP contribution >= 0.6 is 11.6 Å². The van der Waals surface area contributed by atoms with Crippen LogP contribution in [-0.4, -0.2) is 37.8 Å². The molecule has 0 aliphatic carbocycles. The highest BCUT2D eigenvalue weighted by molar-refractivity contribution is 7.89. The number of halogens is 1. The Morgan fingerprint density at radius 2 is 1.62 bits per heavy atom. The summed E-state index contributed by atoms with van der Waals surface area (Å²) in [4.78, 5) is 12.6. The van der Waals surface area contributed by atoms with E-state index in [1.807, 2.05) is 43.3 Å². The van der Waals surface area contributed by atoms with Gasteiger partial charge in [0.1, 0.15) is 0 Å². The lowest BCUT2D eigenvalue weighted by Crippen LogP contribution is -2.46. The molecular formula is C22H27ClN2O3S. The van der Waals surface area contributed by atoms with Crippen molar-refractivity contribution >= 4 is 27.5 Å². The molecule has 0 unspecified atom stereocenters. The monoisotopic (exact) mass is 434 g/mol. The third-order valence-electron chi connectivity index (χ3n) is 5.34. The average Bonchev–Trinajstić information content (AvgIpc) is 2.74. The van der Waals surface area contributed by atoms with Gasteiger partial charge in [0.2, 0.25) is 15.9 Å². The molecule has 7 heteroatoms. The van der Waals surface area contributed by atoms with Crippen LogP contribution in [0.4, 0.5) is 0 Å². The van der Waals surface area contributed by atoms with Crippen molar-refractivity contribution in [1.29, 1.82) is 0 Å². The number of sulfonamides is 1. The van der Waals surface area contributed by atoms with Gasteiger partial charge in [0.05, 0.1) is 4.90 Å². The van der Waals surface area contributed by atoms with Gasteiger partial charge in [-0.05, 0) is 61.1 Å². The molecule has 156 valence electrons. The summed E-state index contributed by atoms with van der Waals surface area (Å²) < 4.78 is 27.2. The number of nitrogens with one attached hydrogen (secondary N) is 1. The first-order valence-corrected chi connectivity index (χ1v) is 11.8. The van der Waals surface area contributed by atoms with Crippen molar-refractivity contribution in [2.45, 2.75) is 50.0 Å². The minimum atomic E-state index is -3.48. The number of rotatable bonds is 7. The van der Waals surface area contributed by atoms with Crippen molar-refractivity contribution in [3.63, 3.8) is 0 Å². The van der Waals surface area contributed by atoms with E-state index in [1.54, 1.807) is 12.1 Å². The fourth-order valence-corrected chi connectivity index (χ4v) is 5.09. The van der Waals surface area contributed by atoms with Crippen LogP contribution in [0.1, 0.15) is 37.3 Å². The summed E-state index contributed by atoms with van der Waals surface area (Å²) in [5.74, 6) is -0.00332. The quantitative estimate of drug-likeness (QED) is 0.720. The summed E-state index contributed by atoms with van der Waals surface area (Å²) in [6.07, 6.45) is 3.19. The van der Waals surface area contributed by atoms with Gasteiger partial charge in [-0.15, -0.1) is 0 Å². The van der Waals surface area contributed by atoms with E-state index in [4.69, 9.17) is 11.6 Å². The molecule has 0 spiro atoms. The molecule has 1 fully saturated rings. The van der Waals surface area contributed by atoms with E-state index in [0.29, 0.717) is 48.7 Å². The van der Waals surface area contributed by atoms with Crippen LogP contribution in [-0.2, 0) is 27.7 Å². The molecule has 29 heavy (non-hydrogen) atoms. The molecule has 1 aliphatic rings. The number of carbonyl (C=O) groups excluding carboxylic acids is 1. The molecular weight excluding hydrogens is 408 g/mol. The van der Waals surface area contributed by atoms with Crippen molar-refractivity contribution < 1.29 is 13.2 Å². The van der Waals surface area contributed by atoms with Gasteiger partial charge in [0, 0.05) is 30.6 Å². The fraction of sp³-hybridized carbons (Fsp3) is 0.409. The molecule has 0 saturated carbocycles. The first-order valence-electron chi connectivity index (χ1n) is 10.0. The van der Waals surface area contributed by atoms with Crippen LogP contribution in [0.3, 0.4) is 0 Å². The van der Waals surface area contributed by atoms with Crippen LogP contribution in [0.15, 0.2) is 53.4 Å². The second kappa shape index (κ2) is 9.74. The summed E-state index contributed by atoms with van der Waals surface area (Å²) in [5, 5.41) is 3.72. The van der Waals surface area contributed by atoms with Gasteiger partial charge >= 0.3 is 0 Å². The van der Waals surface area contributed by atoms with Crippen molar-refractivity contribution in [2.24, 2.45) is 0 Å². The topological polar surface area (TPSA) is 66.5 Å². The molecule has 1 amide bonds. The van der Waals surface area contributed by atoms with Crippen LogP contribution < -0.4 is 5.32 Å². The number of hydrogen-bond acceptors (Lipinski definition) is 3. The maximum atomic E-state index is 12.8. The van der Waals surface area contributed by atoms with Crippen molar-refractivity contribution in [3.05, 3.63) is 64.7 Å². The predicted molar refractivity (Wildman–Crippen MR) is 116 cm³/mol. The smallest absolute Gasteiger partial charge is 0.243 e. The molecule has 1 heterocycles. The van der Waals surface area contributed by atoms with E-state index in [0.717, 1.165) is 17.5 Å². The van der Waals surface area contributed by atoms with E-state index >= 15 is 0 Å². The maximum Gasteiger partial charge on any atom is 0.243 e. The molecule has 1 N–H and O–H groups in total. The zero-order chi connectivity index (χ0) is 20.9. The van der Waals surface area contributed by atoms with Crippen molar-refractivity contribution in [2.75, 3.05) is 13.1 Å². The molecule has 5 nitrogen and oxygen atoms in total. The number of hydrogen-bond donors (Lipinski definition) is 1. The molecule has 1 saturated heterocycles. The van der Waals surface area contributed by atoms with E-state index in [9.17, 15) is 13.2 Å². The molecule has 3 rings (SSSR count). The van der Waals surface area contributed by atoms with Crippen molar-refractivity contribution in [3.8, 4) is 0 Å². The standard InChI is InChI=1S/C22H27ClN2O3S/c1-2-17-5-10-21(11-6-17)29(27,28)25-15-13-20(14-16-25)24-22(26)12-7-18-3-8-19(23)9-4-18/h3-6,8-11,20H,2,7,12-16H2,1H3,(H,24,26). The highest BCUT2D eigenvalue weighted by Crippen LogP contribution is 2.21. The van der Waals surface area contributed by atoms with E-state index in [1.165, 1.54) is 4.31 Å². The maximum absolute atomic E-state index is 12.8. The van der Waals surface area contributed by atoms with Gasteiger partial charge in [-0.3, -0.25) is 4.79 Å². The molecule has 1 aliphatic heterocycles. The largest absolute Gasteiger partial charge is 0.353 e. The Labute approximate surface area is 178 Å². The Bertz CT molecular complexity index is 920. The van der Waals surface area contributed by atoms with Crippen LogP contribution in [0.5, 0.6) is 0 Å². The SMILES string of the molecule is CCc1ccc(S(=O)(=O)N2CCC(NC(=O)CCc3ccc(Cl)cc3)CC2)cc1. The summed E-state index contributed by atoms with van der Waals surface area (Å²) in [6, 6.07) is 14.6. The molecule has 0 atom stereocenters. The summed E-state index contributed by atoms with van der Waals surface area (Å²) in [6.45, 7) is 2.87.